The number of aryl methyl sites for hydroxylation is 1. The van der Waals surface area contributed by atoms with Gasteiger partial charge in [-0.25, -0.2) is 18.2 Å². The molecule has 8 nitrogen and oxygen atoms in total. The highest BCUT2D eigenvalue weighted by molar-refractivity contribution is 7.89. The van der Waals surface area contributed by atoms with E-state index in [0.717, 1.165) is 0 Å². The molecule has 0 aliphatic carbocycles. The maximum Gasteiger partial charge on any atom is 0.299 e. The van der Waals surface area contributed by atoms with E-state index in [4.69, 9.17) is 16.7 Å². The van der Waals surface area contributed by atoms with Gasteiger partial charge in [-0.1, -0.05) is 17.7 Å². The van der Waals surface area contributed by atoms with E-state index in [-0.39, 0.29) is 16.3 Å². The topological polar surface area (TPSA) is 123 Å². The quantitative estimate of drug-likeness (QED) is 0.663. The molecule has 26 heavy (non-hydrogen) atoms. The largest absolute Gasteiger partial charge is 0.299 e. The van der Waals surface area contributed by atoms with Gasteiger partial charge in [0.2, 0.25) is 10.0 Å². The molecule has 1 heterocycles. The van der Waals surface area contributed by atoms with Crippen molar-refractivity contribution in [2.45, 2.75) is 11.8 Å². The van der Waals surface area contributed by atoms with Gasteiger partial charge in [-0.3, -0.25) is 9.89 Å². The molecule has 0 saturated carbocycles. The molecule has 0 fully saturated rings. The lowest BCUT2D eigenvalue weighted by Gasteiger charge is -2.00. The van der Waals surface area contributed by atoms with Crippen LogP contribution in [-0.2, 0) is 10.0 Å². The van der Waals surface area contributed by atoms with E-state index in [2.05, 4.69) is 15.3 Å². The number of primary sulfonamides is 1. The van der Waals surface area contributed by atoms with Crippen molar-refractivity contribution in [3.05, 3.63) is 69.6 Å². The normalized spacial score (nSPS) is 12.0. The second kappa shape index (κ2) is 6.87. The van der Waals surface area contributed by atoms with Gasteiger partial charge in [0.15, 0.2) is 5.69 Å². The van der Waals surface area contributed by atoms with Gasteiger partial charge >= 0.3 is 0 Å². The highest BCUT2D eigenvalue weighted by atomic mass is 35.5. The molecule has 0 spiro atoms. The number of H-pyrrole nitrogens is 1. The molecule has 3 aromatic rings. The molecule has 0 saturated heterocycles. The summed E-state index contributed by atoms with van der Waals surface area (Å²) in [4.78, 5) is 12.5. The number of aromatic nitrogens is 2. The SMILES string of the molecule is Cc1[nH]n(-c2ccc(Cl)cc2)c(=O)c1N=Nc1cccc(S(N)(=O)=O)c1. The van der Waals surface area contributed by atoms with Crippen molar-refractivity contribution in [3.63, 3.8) is 0 Å². The van der Waals surface area contributed by atoms with Crippen LogP contribution in [0.4, 0.5) is 11.4 Å². The minimum atomic E-state index is -3.84. The molecule has 10 heteroatoms. The first-order valence-electron chi connectivity index (χ1n) is 7.38. The molecule has 2 aromatic carbocycles. The van der Waals surface area contributed by atoms with Gasteiger partial charge in [0.1, 0.15) is 0 Å². The lowest BCUT2D eigenvalue weighted by Crippen LogP contribution is -2.13. The summed E-state index contributed by atoms with van der Waals surface area (Å²) in [6.07, 6.45) is 0. The molecular weight excluding hydrogens is 378 g/mol. The number of nitrogens with zero attached hydrogens (tertiary/aromatic N) is 3. The summed E-state index contributed by atoms with van der Waals surface area (Å²) < 4.78 is 24.1. The Kier molecular flexibility index (Phi) is 4.77. The zero-order valence-electron chi connectivity index (χ0n) is 13.5. The first kappa shape index (κ1) is 18.1. The number of nitrogens with one attached hydrogen (secondary N) is 1. The Hall–Kier alpha value is -2.75. The Morgan fingerprint density at radius 2 is 1.81 bits per heavy atom. The van der Waals surface area contributed by atoms with E-state index < -0.39 is 15.6 Å². The zero-order chi connectivity index (χ0) is 18.9. The van der Waals surface area contributed by atoms with E-state index in [9.17, 15) is 13.2 Å². The smallest absolute Gasteiger partial charge is 0.293 e. The van der Waals surface area contributed by atoms with Crippen LogP contribution < -0.4 is 10.7 Å². The number of sulfonamides is 1. The van der Waals surface area contributed by atoms with Gasteiger partial charge in [0, 0.05) is 5.02 Å². The molecule has 0 amide bonds. The molecule has 0 aliphatic heterocycles. The highest BCUT2D eigenvalue weighted by Gasteiger charge is 2.12. The number of hydrogen-bond acceptors (Lipinski definition) is 5. The number of nitrogens with two attached hydrogens (primary N) is 1. The summed E-state index contributed by atoms with van der Waals surface area (Å²) in [5.74, 6) is 0. The Morgan fingerprint density at radius 3 is 2.46 bits per heavy atom. The number of rotatable bonds is 4. The van der Waals surface area contributed by atoms with Crippen LogP contribution in [0.3, 0.4) is 0 Å². The van der Waals surface area contributed by atoms with Crippen molar-refractivity contribution in [1.82, 2.24) is 9.78 Å². The van der Waals surface area contributed by atoms with Crippen LogP contribution in [0.1, 0.15) is 5.69 Å². The van der Waals surface area contributed by atoms with Gasteiger partial charge in [0.05, 0.1) is 22.0 Å². The Morgan fingerprint density at radius 1 is 1.12 bits per heavy atom. The van der Waals surface area contributed by atoms with Crippen LogP contribution in [0.5, 0.6) is 0 Å². The van der Waals surface area contributed by atoms with E-state index in [1.807, 2.05) is 0 Å². The molecule has 3 N–H and O–H groups in total. The summed E-state index contributed by atoms with van der Waals surface area (Å²) in [6, 6.07) is 12.4. The van der Waals surface area contributed by atoms with Gasteiger partial charge in [-0.2, -0.15) is 5.11 Å². The fourth-order valence-corrected chi connectivity index (χ4v) is 2.94. The number of aromatic amines is 1. The Bertz CT molecular complexity index is 1150. The molecule has 0 unspecified atom stereocenters. The van der Waals surface area contributed by atoms with Gasteiger partial charge in [-0.05, 0) is 49.4 Å². The van der Waals surface area contributed by atoms with Crippen molar-refractivity contribution in [1.29, 1.82) is 0 Å². The summed E-state index contributed by atoms with van der Waals surface area (Å²) in [7, 11) is -3.84. The first-order valence-corrected chi connectivity index (χ1v) is 9.30. The summed E-state index contributed by atoms with van der Waals surface area (Å²) in [5, 5.41) is 16.5. The van der Waals surface area contributed by atoms with Crippen molar-refractivity contribution >= 4 is 33.0 Å². The zero-order valence-corrected chi connectivity index (χ0v) is 15.1. The summed E-state index contributed by atoms with van der Waals surface area (Å²) >= 11 is 5.85. The van der Waals surface area contributed by atoms with Crippen molar-refractivity contribution in [2.75, 3.05) is 0 Å². The molecule has 0 bridgehead atoms. The Labute approximate surface area is 154 Å². The minimum Gasteiger partial charge on any atom is -0.293 e. The van der Waals surface area contributed by atoms with Crippen LogP contribution in [0.2, 0.25) is 5.02 Å². The molecular formula is C16H14ClN5O3S. The Balaban J connectivity index is 1.98. The maximum absolute atomic E-state index is 12.6. The highest BCUT2D eigenvalue weighted by Crippen LogP contribution is 2.21. The van der Waals surface area contributed by atoms with E-state index >= 15 is 0 Å². The van der Waals surface area contributed by atoms with Crippen LogP contribution in [0, 0.1) is 6.92 Å². The van der Waals surface area contributed by atoms with Crippen molar-refractivity contribution < 1.29 is 8.42 Å². The summed E-state index contributed by atoms with van der Waals surface area (Å²) in [5.41, 5.74) is 1.09. The lowest BCUT2D eigenvalue weighted by atomic mass is 10.3. The fourth-order valence-electron chi connectivity index (χ4n) is 2.26. The molecule has 0 radical (unpaired) electrons. The molecule has 3 rings (SSSR count). The first-order chi connectivity index (χ1) is 12.3. The fraction of sp³-hybridized carbons (Fsp3) is 0.0625. The van der Waals surface area contributed by atoms with Crippen molar-refractivity contribution in [2.24, 2.45) is 15.4 Å². The third-order valence-corrected chi connectivity index (χ3v) is 4.70. The van der Waals surface area contributed by atoms with Crippen LogP contribution in [0.25, 0.3) is 5.69 Å². The average molecular weight is 392 g/mol. The maximum atomic E-state index is 12.6. The predicted molar refractivity (Wildman–Crippen MR) is 98.1 cm³/mol. The molecule has 0 atom stereocenters. The number of hydrogen-bond donors (Lipinski definition) is 2. The van der Waals surface area contributed by atoms with E-state index in [1.54, 1.807) is 37.3 Å². The average Bonchev–Trinajstić information content (AvgIpc) is 2.87. The van der Waals surface area contributed by atoms with Gasteiger partial charge < -0.3 is 0 Å². The monoisotopic (exact) mass is 391 g/mol. The van der Waals surface area contributed by atoms with E-state index in [0.29, 0.717) is 16.4 Å². The second-order valence-electron chi connectivity index (χ2n) is 5.44. The van der Waals surface area contributed by atoms with Gasteiger partial charge in [-0.15, -0.1) is 5.11 Å². The van der Waals surface area contributed by atoms with Crippen LogP contribution in [-0.4, -0.2) is 18.2 Å². The standard InChI is InChI=1S/C16H14ClN5O3S/c1-10-15(16(23)22(21-10)13-7-5-11(17)6-8-13)20-19-12-3-2-4-14(9-12)26(18,24)25/h2-9,21H,1H3,(H2,18,24,25). The predicted octanol–water partition coefficient (Wildman–Crippen LogP) is 3.19. The lowest BCUT2D eigenvalue weighted by molar-refractivity contribution is 0.598. The van der Waals surface area contributed by atoms with Crippen molar-refractivity contribution in [3.8, 4) is 5.69 Å². The molecule has 134 valence electrons. The second-order valence-corrected chi connectivity index (χ2v) is 7.44. The molecule has 1 aromatic heterocycles. The number of azo groups is 1. The number of halogens is 1. The molecule has 0 aliphatic rings. The van der Waals surface area contributed by atoms with Crippen LogP contribution >= 0.6 is 11.6 Å². The van der Waals surface area contributed by atoms with Gasteiger partial charge in [0.25, 0.3) is 5.56 Å². The summed E-state index contributed by atoms with van der Waals surface area (Å²) in [6.45, 7) is 1.68. The van der Waals surface area contributed by atoms with Crippen LogP contribution in [0.15, 0.2) is 68.4 Å². The third-order valence-electron chi connectivity index (χ3n) is 3.54. The van der Waals surface area contributed by atoms with E-state index in [1.165, 1.54) is 22.9 Å². The number of benzene rings is 2. The third kappa shape index (κ3) is 3.74. The minimum absolute atomic E-state index is 0.0849.